The molecule has 3 rings (SSSR count). The fourth-order valence-electron chi connectivity index (χ4n) is 3.18. The number of carbonyl (C=O) groups is 1. The number of hydrogen-bond donors (Lipinski definition) is 1. The largest absolute Gasteiger partial charge is 0.481 e. The minimum absolute atomic E-state index is 0.0913. The summed E-state index contributed by atoms with van der Waals surface area (Å²) in [6.07, 6.45) is 2.59. The number of carboxylic acid groups (broad SMARTS) is 1. The van der Waals surface area contributed by atoms with Crippen LogP contribution in [0.1, 0.15) is 45.1 Å². The van der Waals surface area contributed by atoms with Gasteiger partial charge in [-0.1, -0.05) is 45.0 Å². The van der Waals surface area contributed by atoms with E-state index in [9.17, 15) is 4.79 Å². The Hall–Kier alpha value is -2.47. The Morgan fingerprint density at radius 3 is 2.56 bits per heavy atom. The van der Waals surface area contributed by atoms with Gasteiger partial charge in [0.1, 0.15) is 17.0 Å². The van der Waals surface area contributed by atoms with Gasteiger partial charge in [-0.25, -0.2) is 9.97 Å². The maximum atomic E-state index is 11.1. The van der Waals surface area contributed by atoms with Crippen molar-refractivity contribution in [2.24, 2.45) is 0 Å². The van der Waals surface area contributed by atoms with Gasteiger partial charge >= 0.3 is 5.97 Å². The van der Waals surface area contributed by atoms with Crippen LogP contribution in [0.25, 0.3) is 21.3 Å². The molecule has 1 aromatic carbocycles. The number of anilines is 1. The second-order valence-corrected chi connectivity index (χ2v) is 7.79. The Bertz CT molecular complexity index is 919. The minimum atomic E-state index is -0.795. The molecule has 0 unspecified atom stereocenters. The first kappa shape index (κ1) is 19.3. The maximum absolute atomic E-state index is 11.1. The molecule has 3 aromatic rings. The fourth-order valence-corrected chi connectivity index (χ4v) is 4.09. The third-order valence-electron chi connectivity index (χ3n) is 4.63. The minimum Gasteiger partial charge on any atom is -0.481 e. The lowest BCUT2D eigenvalue weighted by molar-refractivity contribution is -0.136. The summed E-state index contributed by atoms with van der Waals surface area (Å²) in [5, 5.41) is 12.2. The monoisotopic (exact) mass is 383 g/mol. The van der Waals surface area contributed by atoms with Gasteiger partial charge in [-0.3, -0.25) is 4.79 Å². The summed E-state index contributed by atoms with van der Waals surface area (Å²) in [5.74, 6) is 0.525. The molecule has 2 heterocycles. The Morgan fingerprint density at radius 1 is 1.19 bits per heavy atom. The van der Waals surface area contributed by atoms with Crippen LogP contribution in [-0.2, 0) is 4.79 Å². The van der Waals surface area contributed by atoms with Gasteiger partial charge in [0, 0.05) is 24.0 Å². The number of benzene rings is 1. The molecule has 1 N–H and O–H groups in total. The molecule has 0 aliphatic carbocycles. The highest BCUT2D eigenvalue weighted by atomic mass is 32.1. The van der Waals surface area contributed by atoms with Crippen molar-refractivity contribution in [1.82, 2.24) is 9.97 Å². The average molecular weight is 384 g/mol. The number of aromatic nitrogens is 2. The Labute approximate surface area is 163 Å². The van der Waals surface area contributed by atoms with Gasteiger partial charge in [0.2, 0.25) is 0 Å². The predicted molar refractivity (Wildman–Crippen MR) is 112 cm³/mol. The highest BCUT2D eigenvalue weighted by Crippen LogP contribution is 2.38. The molecule has 2 aromatic heterocycles. The molecule has 5 nitrogen and oxygen atoms in total. The Kier molecular flexibility index (Phi) is 6.06. The molecule has 142 valence electrons. The van der Waals surface area contributed by atoms with Gasteiger partial charge in [0.05, 0.1) is 11.8 Å². The molecule has 0 saturated heterocycles. The lowest BCUT2D eigenvalue weighted by Gasteiger charge is -2.23. The first-order valence-corrected chi connectivity index (χ1v) is 10.2. The molecule has 0 bridgehead atoms. The normalized spacial score (nSPS) is 11.3. The Morgan fingerprint density at radius 2 is 1.93 bits per heavy atom. The van der Waals surface area contributed by atoms with Gasteiger partial charge < -0.3 is 10.0 Å². The van der Waals surface area contributed by atoms with E-state index in [-0.39, 0.29) is 6.42 Å². The number of carboxylic acids is 1. The van der Waals surface area contributed by atoms with Crippen LogP contribution >= 0.6 is 11.3 Å². The van der Waals surface area contributed by atoms with E-state index in [1.54, 1.807) is 17.7 Å². The smallest absolute Gasteiger partial charge is 0.305 e. The molecular weight excluding hydrogens is 358 g/mol. The third-order valence-corrected chi connectivity index (χ3v) is 5.51. The lowest BCUT2D eigenvalue weighted by atomic mass is 9.99. The summed E-state index contributed by atoms with van der Waals surface area (Å²) in [5.41, 5.74) is 3.55. The highest BCUT2D eigenvalue weighted by Gasteiger charge is 2.18. The molecule has 0 radical (unpaired) electrons. The van der Waals surface area contributed by atoms with E-state index < -0.39 is 5.97 Å². The van der Waals surface area contributed by atoms with Crippen molar-refractivity contribution < 1.29 is 9.90 Å². The number of rotatable bonds is 8. The number of hydrogen-bond acceptors (Lipinski definition) is 5. The highest BCUT2D eigenvalue weighted by molar-refractivity contribution is 7.17. The summed E-state index contributed by atoms with van der Waals surface area (Å²) >= 11 is 1.60. The number of aliphatic carboxylic acids is 1. The van der Waals surface area contributed by atoms with E-state index in [0.29, 0.717) is 12.5 Å². The van der Waals surface area contributed by atoms with E-state index in [1.807, 2.05) is 0 Å². The van der Waals surface area contributed by atoms with Gasteiger partial charge in [-0.15, -0.1) is 11.3 Å². The van der Waals surface area contributed by atoms with E-state index >= 15 is 0 Å². The second-order valence-electron chi connectivity index (χ2n) is 6.93. The zero-order valence-corrected chi connectivity index (χ0v) is 16.8. The van der Waals surface area contributed by atoms with Gasteiger partial charge in [0.25, 0.3) is 0 Å². The summed E-state index contributed by atoms with van der Waals surface area (Å²) in [6.45, 7) is 7.67. The molecule has 0 aliphatic rings. The van der Waals surface area contributed by atoms with E-state index in [0.717, 1.165) is 40.1 Å². The molecule has 0 atom stereocenters. The van der Waals surface area contributed by atoms with Crippen molar-refractivity contribution in [1.29, 1.82) is 0 Å². The summed E-state index contributed by atoms with van der Waals surface area (Å²) in [4.78, 5) is 23.0. The van der Waals surface area contributed by atoms with Crippen molar-refractivity contribution in [3.63, 3.8) is 0 Å². The topological polar surface area (TPSA) is 66.3 Å². The summed E-state index contributed by atoms with van der Waals surface area (Å²) in [6, 6.07) is 8.63. The van der Waals surface area contributed by atoms with Crippen LogP contribution in [0.4, 0.5) is 5.82 Å². The van der Waals surface area contributed by atoms with E-state index in [4.69, 9.17) is 5.11 Å². The van der Waals surface area contributed by atoms with Crippen molar-refractivity contribution in [3.8, 4) is 11.1 Å². The fraction of sp³-hybridized carbons (Fsp3) is 0.381. The van der Waals surface area contributed by atoms with Gasteiger partial charge in [-0.05, 0) is 23.5 Å². The van der Waals surface area contributed by atoms with Crippen LogP contribution < -0.4 is 4.90 Å². The molecule has 0 spiro atoms. The SMILES string of the molecule is CCCN(CCC(=O)O)c1ncnc2scc(-c3ccc(C(C)C)cc3)c12. The molecule has 0 amide bonds. The Balaban J connectivity index is 2.06. The molecule has 27 heavy (non-hydrogen) atoms. The lowest BCUT2D eigenvalue weighted by Crippen LogP contribution is -2.28. The molecule has 0 aliphatic heterocycles. The predicted octanol–water partition coefficient (Wildman–Crippen LogP) is 5.17. The van der Waals surface area contributed by atoms with Crippen molar-refractivity contribution >= 4 is 33.3 Å². The molecular formula is C21H25N3O2S. The van der Waals surface area contributed by atoms with Crippen LogP contribution in [0, 0.1) is 0 Å². The average Bonchev–Trinajstić information content (AvgIpc) is 3.09. The van der Waals surface area contributed by atoms with E-state index in [1.165, 1.54) is 5.56 Å². The zero-order valence-electron chi connectivity index (χ0n) is 16.0. The number of fused-ring (bicyclic) bond motifs is 1. The van der Waals surface area contributed by atoms with Crippen LogP contribution in [0.2, 0.25) is 0 Å². The quantitative estimate of drug-likeness (QED) is 0.581. The van der Waals surface area contributed by atoms with Gasteiger partial charge in [-0.2, -0.15) is 0 Å². The molecule has 6 heteroatoms. The van der Waals surface area contributed by atoms with Crippen molar-refractivity contribution in [2.75, 3.05) is 18.0 Å². The first-order valence-electron chi connectivity index (χ1n) is 9.30. The molecule has 0 saturated carbocycles. The number of nitrogens with zero attached hydrogens (tertiary/aromatic N) is 3. The van der Waals surface area contributed by atoms with Gasteiger partial charge in [0.15, 0.2) is 0 Å². The van der Waals surface area contributed by atoms with Crippen LogP contribution in [0.5, 0.6) is 0 Å². The third kappa shape index (κ3) is 4.27. The second kappa shape index (κ2) is 8.48. The van der Waals surface area contributed by atoms with Crippen LogP contribution in [0.15, 0.2) is 36.0 Å². The van der Waals surface area contributed by atoms with Crippen LogP contribution in [-0.4, -0.2) is 34.1 Å². The summed E-state index contributed by atoms with van der Waals surface area (Å²) in [7, 11) is 0. The molecule has 0 fully saturated rings. The number of thiophene rings is 1. The van der Waals surface area contributed by atoms with Crippen molar-refractivity contribution in [3.05, 3.63) is 41.5 Å². The zero-order chi connectivity index (χ0) is 19.4. The van der Waals surface area contributed by atoms with Crippen molar-refractivity contribution in [2.45, 2.75) is 39.5 Å². The summed E-state index contributed by atoms with van der Waals surface area (Å²) < 4.78 is 0. The first-order chi connectivity index (χ1) is 13.0. The maximum Gasteiger partial charge on any atom is 0.305 e. The van der Waals surface area contributed by atoms with Crippen LogP contribution in [0.3, 0.4) is 0 Å². The standard InChI is InChI=1S/C21H25N3O2S/c1-4-10-24(11-9-18(25)26)20-19-17(12-27-21(19)23-13-22-20)16-7-5-15(6-8-16)14(2)3/h5-8,12-14H,4,9-11H2,1-3H3,(H,25,26). The van der Waals surface area contributed by atoms with E-state index in [2.05, 4.69) is 65.3 Å².